The topological polar surface area (TPSA) is 42.3 Å². The van der Waals surface area contributed by atoms with Crippen LogP contribution in [0.4, 0.5) is 0 Å². The second-order valence-corrected chi connectivity index (χ2v) is 2.88. The second kappa shape index (κ2) is 7.12. The van der Waals surface area contributed by atoms with Crippen LogP contribution in [0.5, 0.6) is 5.75 Å². The molecular formula is C11H16ClNO2. The van der Waals surface area contributed by atoms with Crippen LogP contribution in [0.25, 0.3) is 0 Å². The summed E-state index contributed by atoms with van der Waals surface area (Å²) in [7, 11) is 1.64. The van der Waals surface area contributed by atoms with Gasteiger partial charge in [-0.2, -0.15) is 0 Å². The normalized spacial score (nSPS) is 8.93. The van der Waals surface area contributed by atoms with E-state index in [1.807, 2.05) is 31.2 Å². The van der Waals surface area contributed by atoms with Crippen LogP contribution in [-0.2, 0) is 11.2 Å². The highest BCUT2D eigenvalue weighted by Gasteiger charge is 1.99. The van der Waals surface area contributed by atoms with Crippen LogP contribution in [-0.4, -0.2) is 19.6 Å². The molecule has 0 heterocycles. The Morgan fingerprint density at radius 2 is 1.87 bits per heavy atom. The zero-order chi connectivity index (χ0) is 10.4. The van der Waals surface area contributed by atoms with Gasteiger partial charge in [-0.05, 0) is 24.6 Å². The monoisotopic (exact) mass is 229 g/mol. The number of rotatable bonds is 4. The maximum absolute atomic E-state index is 7.47. The minimum atomic E-state index is 0. The highest BCUT2D eigenvalue weighted by Crippen LogP contribution is 2.11. The fourth-order valence-electron chi connectivity index (χ4n) is 1.15. The smallest absolute Gasteiger partial charge is 0.184 e. The van der Waals surface area contributed by atoms with E-state index < -0.39 is 0 Å². The predicted molar refractivity (Wildman–Crippen MR) is 63.3 cm³/mol. The molecule has 0 amide bonds. The van der Waals surface area contributed by atoms with Gasteiger partial charge in [0.05, 0.1) is 13.7 Å². The van der Waals surface area contributed by atoms with E-state index in [0.717, 1.165) is 11.3 Å². The van der Waals surface area contributed by atoms with Gasteiger partial charge >= 0.3 is 0 Å². The van der Waals surface area contributed by atoms with E-state index >= 15 is 0 Å². The predicted octanol–water partition coefficient (Wildman–Crippen LogP) is 2.67. The van der Waals surface area contributed by atoms with E-state index in [9.17, 15) is 0 Å². The summed E-state index contributed by atoms with van der Waals surface area (Å²) in [6.45, 7) is 2.43. The molecule has 1 aromatic carbocycles. The quantitative estimate of drug-likeness (QED) is 0.637. The summed E-state index contributed by atoms with van der Waals surface area (Å²) in [5.74, 6) is 1.13. The lowest BCUT2D eigenvalue weighted by Crippen LogP contribution is -2.06. The highest BCUT2D eigenvalue weighted by molar-refractivity contribution is 5.85. The van der Waals surface area contributed by atoms with E-state index in [-0.39, 0.29) is 12.4 Å². The summed E-state index contributed by atoms with van der Waals surface area (Å²) in [5.41, 5.74) is 1.06. The maximum atomic E-state index is 7.47. The van der Waals surface area contributed by atoms with Crippen LogP contribution < -0.4 is 4.74 Å². The Bertz CT molecular complexity index is 298. The molecule has 0 fully saturated rings. The Morgan fingerprint density at radius 1 is 1.27 bits per heavy atom. The van der Waals surface area contributed by atoms with Crippen molar-refractivity contribution in [2.24, 2.45) is 0 Å². The van der Waals surface area contributed by atoms with Crippen molar-refractivity contribution in [3.05, 3.63) is 29.8 Å². The van der Waals surface area contributed by atoms with Crippen LogP contribution in [0, 0.1) is 5.41 Å². The largest absolute Gasteiger partial charge is 0.497 e. The molecule has 0 radical (unpaired) electrons. The van der Waals surface area contributed by atoms with E-state index in [1.54, 1.807) is 7.11 Å². The summed E-state index contributed by atoms with van der Waals surface area (Å²) >= 11 is 0. The van der Waals surface area contributed by atoms with Gasteiger partial charge in [0.2, 0.25) is 0 Å². The van der Waals surface area contributed by atoms with Crippen LogP contribution in [0.15, 0.2) is 24.3 Å². The molecule has 1 N–H and O–H groups in total. The van der Waals surface area contributed by atoms with Gasteiger partial charge in [-0.15, -0.1) is 12.4 Å². The van der Waals surface area contributed by atoms with Gasteiger partial charge in [0.15, 0.2) is 5.90 Å². The molecule has 0 bridgehead atoms. The molecule has 3 nitrogen and oxygen atoms in total. The van der Waals surface area contributed by atoms with E-state index in [4.69, 9.17) is 14.9 Å². The number of hydrogen-bond donors (Lipinski definition) is 1. The minimum absolute atomic E-state index is 0. The Balaban J connectivity index is 0.00000196. The molecule has 1 rings (SSSR count). The fraction of sp³-hybridized carbons (Fsp3) is 0.364. The first-order valence-electron chi connectivity index (χ1n) is 4.59. The fourth-order valence-corrected chi connectivity index (χ4v) is 1.15. The lowest BCUT2D eigenvalue weighted by Gasteiger charge is -2.05. The minimum Gasteiger partial charge on any atom is -0.497 e. The van der Waals surface area contributed by atoms with Gasteiger partial charge in [0.1, 0.15) is 5.75 Å². The molecule has 0 aliphatic heterocycles. The number of hydrogen-bond acceptors (Lipinski definition) is 3. The van der Waals surface area contributed by atoms with Crippen molar-refractivity contribution in [2.45, 2.75) is 13.3 Å². The van der Waals surface area contributed by atoms with Gasteiger partial charge < -0.3 is 9.47 Å². The third-order valence-corrected chi connectivity index (χ3v) is 1.84. The van der Waals surface area contributed by atoms with Crippen molar-refractivity contribution in [1.29, 1.82) is 5.41 Å². The third-order valence-electron chi connectivity index (χ3n) is 1.84. The number of nitrogens with one attached hydrogen (secondary N) is 1. The molecule has 0 spiro atoms. The number of halogens is 1. The molecule has 4 heteroatoms. The zero-order valence-corrected chi connectivity index (χ0v) is 9.76. The zero-order valence-electron chi connectivity index (χ0n) is 8.95. The maximum Gasteiger partial charge on any atom is 0.184 e. The molecule has 1 aromatic rings. The average Bonchev–Trinajstić information content (AvgIpc) is 2.19. The first-order valence-corrected chi connectivity index (χ1v) is 4.59. The number of benzene rings is 1. The summed E-state index contributed by atoms with van der Waals surface area (Å²) in [6, 6.07) is 7.64. The van der Waals surface area contributed by atoms with Gasteiger partial charge in [0, 0.05) is 6.42 Å². The summed E-state index contributed by atoms with van der Waals surface area (Å²) < 4.78 is 10.1. The molecule has 0 saturated heterocycles. The van der Waals surface area contributed by atoms with Crippen molar-refractivity contribution < 1.29 is 9.47 Å². The van der Waals surface area contributed by atoms with Gasteiger partial charge in [-0.25, -0.2) is 0 Å². The lowest BCUT2D eigenvalue weighted by atomic mass is 10.1. The lowest BCUT2D eigenvalue weighted by molar-refractivity contribution is 0.317. The SMILES string of the molecule is CCOC(=N)Cc1ccc(OC)cc1.Cl. The third kappa shape index (κ3) is 4.70. The van der Waals surface area contributed by atoms with E-state index in [2.05, 4.69) is 0 Å². The van der Waals surface area contributed by atoms with E-state index in [0.29, 0.717) is 18.9 Å². The molecule has 0 aliphatic carbocycles. The standard InChI is InChI=1S/C11H15NO2.ClH/c1-3-14-11(12)8-9-4-6-10(13-2)7-5-9;/h4-7,12H,3,8H2,1-2H3;1H. The first kappa shape index (κ1) is 13.8. The molecule has 0 aliphatic rings. The molecule has 84 valence electrons. The van der Waals surface area contributed by atoms with Crippen LogP contribution >= 0.6 is 12.4 Å². The van der Waals surface area contributed by atoms with Crippen molar-refractivity contribution in [3.63, 3.8) is 0 Å². The Morgan fingerprint density at radius 3 is 2.33 bits per heavy atom. The molecule has 0 unspecified atom stereocenters. The second-order valence-electron chi connectivity index (χ2n) is 2.88. The van der Waals surface area contributed by atoms with Gasteiger partial charge in [-0.1, -0.05) is 12.1 Å². The highest BCUT2D eigenvalue weighted by atomic mass is 35.5. The Hall–Kier alpha value is -1.22. The summed E-state index contributed by atoms with van der Waals surface area (Å²) in [5, 5.41) is 7.47. The average molecular weight is 230 g/mol. The number of methoxy groups -OCH3 is 1. The van der Waals surface area contributed by atoms with Gasteiger partial charge in [0.25, 0.3) is 0 Å². The number of ether oxygens (including phenoxy) is 2. The van der Waals surface area contributed by atoms with Crippen molar-refractivity contribution in [1.82, 2.24) is 0 Å². The molecule has 15 heavy (non-hydrogen) atoms. The van der Waals surface area contributed by atoms with Gasteiger partial charge in [-0.3, -0.25) is 5.41 Å². The first-order chi connectivity index (χ1) is 6.76. The van der Waals surface area contributed by atoms with E-state index in [1.165, 1.54) is 0 Å². The molecule has 0 atom stereocenters. The summed E-state index contributed by atoms with van der Waals surface area (Å²) in [4.78, 5) is 0. The molecule has 0 saturated carbocycles. The van der Waals surface area contributed by atoms with Crippen LogP contribution in [0.3, 0.4) is 0 Å². The van der Waals surface area contributed by atoms with Crippen LogP contribution in [0.2, 0.25) is 0 Å². The summed E-state index contributed by atoms with van der Waals surface area (Å²) in [6.07, 6.45) is 0.540. The van der Waals surface area contributed by atoms with Crippen LogP contribution in [0.1, 0.15) is 12.5 Å². The molecule has 0 aromatic heterocycles. The molecular weight excluding hydrogens is 214 g/mol. The van der Waals surface area contributed by atoms with Crippen molar-refractivity contribution >= 4 is 18.3 Å². The Kier molecular flexibility index (Phi) is 6.54. The van der Waals surface area contributed by atoms with Crippen molar-refractivity contribution in [3.8, 4) is 5.75 Å². The Labute approximate surface area is 96.3 Å². The van der Waals surface area contributed by atoms with Crippen molar-refractivity contribution in [2.75, 3.05) is 13.7 Å².